The summed E-state index contributed by atoms with van der Waals surface area (Å²) in [5, 5.41) is 5.04. The number of carbonyl (C=O) groups excluding carboxylic acids is 1. The first-order chi connectivity index (χ1) is 15.5. The van der Waals surface area contributed by atoms with Gasteiger partial charge in [0.05, 0.1) is 4.90 Å². The first-order valence-corrected chi connectivity index (χ1v) is 11.9. The standard InChI is InChI=1S/C26H22N2O3S/c29-26(22-11-10-19-6-4-5-7-21(19)16-22)27-24-13-12-20-14-15-28(18-23(20)17-24)32(30,31)25-8-2-1-3-9-25/h1-13,16-17H,14-15,18H2,(H,27,29). The molecule has 4 aromatic carbocycles. The van der Waals surface area contributed by atoms with Gasteiger partial charge in [-0.3, -0.25) is 4.79 Å². The summed E-state index contributed by atoms with van der Waals surface area (Å²) in [6.45, 7) is 0.721. The summed E-state index contributed by atoms with van der Waals surface area (Å²) >= 11 is 0. The molecule has 0 radical (unpaired) electrons. The fourth-order valence-electron chi connectivity index (χ4n) is 4.09. The van der Waals surface area contributed by atoms with Crippen molar-refractivity contribution in [3.8, 4) is 0 Å². The van der Waals surface area contributed by atoms with Crippen LogP contribution in [0.5, 0.6) is 0 Å². The molecule has 0 spiro atoms. The van der Waals surface area contributed by atoms with E-state index in [0.717, 1.165) is 21.9 Å². The molecule has 4 aromatic rings. The summed E-state index contributed by atoms with van der Waals surface area (Å²) in [6, 6.07) is 27.7. The number of carbonyl (C=O) groups is 1. The highest BCUT2D eigenvalue weighted by Gasteiger charge is 2.28. The molecular formula is C26H22N2O3S. The van der Waals surface area contributed by atoms with Gasteiger partial charge in [0.2, 0.25) is 10.0 Å². The van der Waals surface area contributed by atoms with Gasteiger partial charge in [0, 0.05) is 24.3 Å². The number of anilines is 1. The second kappa shape index (κ2) is 8.22. The predicted octanol–water partition coefficient (Wildman–Crippen LogP) is 4.84. The molecule has 0 aliphatic carbocycles. The minimum atomic E-state index is -3.56. The Labute approximate surface area is 187 Å². The van der Waals surface area contributed by atoms with Crippen LogP contribution in [-0.2, 0) is 23.0 Å². The number of benzene rings is 4. The highest BCUT2D eigenvalue weighted by molar-refractivity contribution is 7.89. The predicted molar refractivity (Wildman–Crippen MR) is 126 cm³/mol. The second-order valence-corrected chi connectivity index (χ2v) is 9.84. The average Bonchev–Trinajstić information content (AvgIpc) is 2.83. The zero-order valence-electron chi connectivity index (χ0n) is 17.4. The van der Waals surface area contributed by atoms with Crippen molar-refractivity contribution >= 4 is 32.4 Å². The van der Waals surface area contributed by atoms with Gasteiger partial charge in [-0.25, -0.2) is 8.42 Å². The van der Waals surface area contributed by atoms with Crippen LogP contribution < -0.4 is 5.32 Å². The van der Waals surface area contributed by atoms with E-state index < -0.39 is 10.0 Å². The molecule has 1 aliphatic rings. The molecule has 0 atom stereocenters. The van der Waals surface area contributed by atoms with Gasteiger partial charge < -0.3 is 5.32 Å². The Kier molecular flexibility index (Phi) is 5.25. The molecule has 0 aromatic heterocycles. The van der Waals surface area contributed by atoms with Crippen LogP contribution in [0.1, 0.15) is 21.5 Å². The first kappa shape index (κ1) is 20.4. The molecule has 1 heterocycles. The van der Waals surface area contributed by atoms with Crippen molar-refractivity contribution < 1.29 is 13.2 Å². The lowest BCUT2D eigenvalue weighted by Crippen LogP contribution is -2.36. The van der Waals surface area contributed by atoms with Gasteiger partial charge >= 0.3 is 0 Å². The summed E-state index contributed by atoms with van der Waals surface area (Å²) in [6.07, 6.45) is 0.639. The van der Waals surface area contributed by atoms with Gasteiger partial charge in [0.1, 0.15) is 0 Å². The van der Waals surface area contributed by atoms with E-state index in [-0.39, 0.29) is 12.5 Å². The van der Waals surface area contributed by atoms with Crippen molar-refractivity contribution in [2.45, 2.75) is 17.9 Å². The molecule has 6 heteroatoms. The summed E-state index contributed by atoms with van der Waals surface area (Å²) in [5.41, 5.74) is 3.25. The lowest BCUT2D eigenvalue weighted by molar-refractivity contribution is 0.102. The van der Waals surface area contributed by atoms with Crippen LogP contribution in [0.2, 0.25) is 0 Å². The van der Waals surface area contributed by atoms with E-state index >= 15 is 0 Å². The number of nitrogens with zero attached hydrogens (tertiary/aromatic N) is 1. The number of hydrogen-bond donors (Lipinski definition) is 1. The van der Waals surface area contributed by atoms with E-state index in [4.69, 9.17) is 0 Å². The number of sulfonamides is 1. The maximum atomic E-state index is 13.0. The minimum Gasteiger partial charge on any atom is -0.322 e. The van der Waals surface area contributed by atoms with Crippen LogP contribution in [0.3, 0.4) is 0 Å². The van der Waals surface area contributed by atoms with Crippen molar-refractivity contribution in [1.82, 2.24) is 4.31 Å². The SMILES string of the molecule is O=C(Nc1ccc2c(c1)CN(S(=O)(=O)c1ccccc1)CC2)c1ccc2ccccc2c1. The molecule has 1 N–H and O–H groups in total. The van der Waals surface area contributed by atoms with Crippen LogP contribution in [0.4, 0.5) is 5.69 Å². The highest BCUT2D eigenvalue weighted by atomic mass is 32.2. The van der Waals surface area contributed by atoms with Crippen molar-refractivity contribution in [2.75, 3.05) is 11.9 Å². The summed E-state index contributed by atoms with van der Waals surface area (Å²) in [7, 11) is -3.56. The molecule has 0 saturated carbocycles. The molecule has 0 unspecified atom stereocenters. The van der Waals surface area contributed by atoms with E-state index in [2.05, 4.69) is 5.32 Å². The van der Waals surface area contributed by atoms with E-state index in [1.54, 1.807) is 30.3 Å². The molecule has 1 amide bonds. The van der Waals surface area contributed by atoms with Crippen LogP contribution >= 0.6 is 0 Å². The lowest BCUT2D eigenvalue weighted by atomic mass is 10.0. The van der Waals surface area contributed by atoms with E-state index in [1.807, 2.05) is 60.7 Å². The summed E-state index contributed by atoms with van der Waals surface area (Å²) in [4.78, 5) is 13.1. The number of amides is 1. The molecule has 5 rings (SSSR count). The fraction of sp³-hybridized carbons (Fsp3) is 0.115. The molecule has 0 saturated heterocycles. The Morgan fingerprint density at radius 3 is 2.34 bits per heavy atom. The Morgan fingerprint density at radius 1 is 0.781 bits per heavy atom. The molecule has 0 bridgehead atoms. The monoisotopic (exact) mass is 442 g/mol. The highest BCUT2D eigenvalue weighted by Crippen LogP contribution is 2.27. The summed E-state index contributed by atoms with van der Waals surface area (Å²) < 4.78 is 27.5. The van der Waals surface area contributed by atoms with Gasteiger partial charge in [-0.1, -0.05) is 54.6 Å². The Bertz CT molecular complexity index is 1420. The van der Waals surface area contributed by atoms with Crippen LogP contribution in [0.25, 0.3) is 10.8 Å². The van der Waals surface area contributed by atoms with E-state index in [1.165, 1.54) is 4.31 Å². The Balaban J connectivity index is 1.37. The van der Waals surface area contributed by atoms with Gasteiger partial charge in [0.25, 0.3) is 5.91 Å². The van der Waals surface area contributed by atoms with Gasteiger partial charge in [-0.2, -0.15) is 4.31 Å². The number of nitrogens with one attached hydrogen (secondary N) is 1. The maximum Gasteiger partial charge on any atom is 0.255 e. The number of rotatable bonds is 4. The Morgan fingerprint density at radius 2 is 1.53 bits per heavy atom. The zero-order chi connectivity index (χ0) is 22.1. The van der Waals surface area contributed by atoms with E-state index in [0.29, 0.717) is 29.1 Å². The summed E-state index contributed by atoms with van der Waals surface area (Å²) in [5.74, 6) is -0.194. The van der Waals surface area contributed by atoms with Crippen molar-refractivity contribution in [3.63, 3.8) is 0 Å². The third-order valence-corrected chi connectivity index (χ3v) is 7.69. The zero-order valence-corrected chi connectivity index (χ0v) is 18.2. The third-order valence-electron chi connectivity index (χ3n) is 5.83. The normalized spacial score (nSPS) is 14.1. The molecule has 32 heavy (non-hydrogen) atoms. The largest absolute Gasteiger partial charge is 0.322 e. The lowest BCUT2D eigenvalue weighted by Gasteiger charge is -2.28. The minimum absolute atomic E-state index is 0.194. The van der Waals surface area contributed by atoms with Crippen molar-refractivity contribution in [2.24, 2.45) is 0 Å². The average molecular weight is 443 g/mol. The van der Waals surface area contributed by atoms with E-state index in [9.17, 15) is 13.2 Å². The van der Waals surface area contributed by atoms with Crippen LogP contribution in [0.15, 0.2) is 95.9 Å². The van der Waals surface area contributed by atoms with Crippen LogP contribution in [0, 0.1) is 0 Å². The molecule has 0 fully saturated rings. The number of fused-ring (bicyclic) bond motifs is 2. The Hall–Kier alpha value is -3.48. The van der Waals surface area contributed by atoms with Gasteiger partial charge in [-0.05, 0) is 64.7 Å². The van der Waals surface area contributed by atoms with Crippen LogP contribution in [-0.4, -0.2) is 25.2 Å². The van der Waals surface area contributed by atoms with Crippen molar-refractivity contribution in [1.29, 1.82) is 0 Å². The topological polar surface area (TPSA) is 66.5 Å². The molecular weight excluding hydrogens is 420 g/mol. The molecule has 160 valence electrons. The molecule has 1 aliphatic heterocycles. The number of hydrogen-bond acceptors (Lipinski definition) is 3. The van der Waals surface area contributed by atoms with Gasteiger partial charge in [-0.15, -0.1) is 0 Å². The smallest absolute Gasteiger partial charge is 0.255 e. The molecule has 5 nitrogen and oxygen atoms in total. The van der Waals surface area contributed by atoms with Gasteiger partial charge in [0.15, 0.2) is 0 Å². The van der Waals surface area contributed by atoms with Crippen molar-refractivity contribution in [3.05, 3.63) is 108 Å². The third kappa shape index (κ3) is 3.90. The quantitative estimate of drug-likeness (QED) is 0.492. The fourth-order valence-corrected chi connectivity index (χ4v) is 5.53. The second-order valence-electron chi connectivity index (χ2n) is 7.90. The maximum absolute atomic E-state index is 13.0. The first-order valence-electron chi connectivity index (χ1n) is 10.5.